The number of sulfone groups is 1. The van der Waals surface area contributed by atoms with Crippen molar-refractivity contribution < 1.29 is 13.3 Å². The summed E-state index contributed by atoms with van der Waals surface area (Å²) in [6.45, 7) is 1.69. The van der Waals surface area contributed by atoms with Gasteiger partial charge in [0.1, 0.15) is 0 Å². The van der Waals surface area contributed by atoms with Crippen molar-refractivity contribution in [3.63, 3.8) is 0 Å². The van der Waals surface area contributed by atoms with E-state index in [1.54, 1.807) is 6.92 Å². The molecule has 0 aliphatic carbocycles. The van der Waals surface area contributed by atoms with Gasteiger partial charge in [0.05, 0.1) is 11.6 Å². The van der Waals surface area contributed by atoms with E-state index in [4.69, 9.17) is 51.2 Å². The molecule has 1 aliphatic heterocycles. The minimum Gasteiger partial charge on any atom is -0.387 e. The van der Waals surface area contributed by atoms with Crippen molar-refractivity contribution >= 4 is 61.3 Å². The lowest BCUT2D eigenvalue weighted by molar-refractivity contribution is 0.0152. The molecule has 1 aliphatic rings. The minimum atomic E-state index is -3.70. The average molecular weight is 391 g/mol. The summed E-state index contributed by atoms with van der Waals surface area (Å²) in [6, 6.07) is 2.88. The van der Waals surface area contributed by atoms with Gasteiger partial charge in [0.25, 0.3) is 0 Å². The van der Waals surface area contributed by atoms with Crippen molar-refractivity contribution in [3.05, 3.63) is 32.8 Å². The minimum absolute atomic E-state index is 0.0623. The van der Waals surface area contributed by atoms with Gasteiger partial charge < -0.3 is 4.84 Å². The zero-order chi connectivity index (χ0) is 15.8. The number of hydrogen-bond donors (Lipinski definition) is 0. The fourth-order valence-corrected chi connectivity index (χ4v) is 4.55. The Labute approximate surface area is 142 Å². The molecule has 116 valence electrons. The highest BCUT2D eigenvalue weighted by molar-refractivity contribution is 8.05. The molecule has 4 nitrogen and oxygen atoms in total. The predicted octanol–water partition coefficient (Wildman–Crippen LogP) is 4.29. The molecule has 2 rings (SSSR count). The second-order valence-corrected chi connectivity index (χ2v) is 8.45. The van der Waals surface area contributed by atoms with Gasteiger partial charge in [-0.3, -0.25) is 0 Å². The number of nitrogens with zero attached hydrogens (tertiary/aromatic N) is 1. The van der Waals surface area contributed by atoms with Gasteiger partial charge in [-0.15, -0.1) is 11.6 Å². The predicted molar refractivity (Wildman–Crippen MR) is 86.4 cm³/mol. The van der Waals surface area contributed by atoms with Gasteiger partial charge in [-0.2, -0.15) is 0 Å². The number of oxime groups is 1. The van der Waals surface area contributed by atoms with Crippen LogP contribution in [0.25, 0.3) is 0 Å². The lowest BCUT2D eigenvalue weighted by atomic mass is 10.1. The lowest BCUT2D eigenvalue weighted by Crippen LogP contribution is -2.28. The fraction of sp³-hybridized carbons (Fsp3) is 0.417. The van der Waals surface area contributed by atoms with Crippen LogP contribution in [0.15, 0.2) is 17.3 Å². The van der Waals surface area contributed by atoms with Crippen LogP contribution in [0.3, 0.4) is 0 Å². The largest absolute Gasteiger partial charge is 0.387 e. The second kappa shape index (κ2) is 6.13. The Bertz CT molecular complexity index is 681. The van der Waals surface area contributed by atoms with Crippen molar-refractivity contribution in [2.24, 2.45) is 5.16 Å². The van der Waals surface area contributed by atoms with E-state index in [1.165, 1.54) is 12.1 Å². The first-order valence-corrected chi connectivity index (χ1v) is 9.16. The van der Waals surface area contributed by atoms with Crippen molar-refractivity contribution in [1.29, 1.82) is 0 Å². The zero-order valence-corrected chi connectivity index (χ0v) is 14.7. The van der Waals surface area contributed by atoms with Crippen molar-refractivity contribution in [2.45, 2.75) is 24.7 Å². The van der Waals surface area contributed by atoms with Crippen molar-refractivity contribution in [3.8, 4) is 0 Å². The van der Waals surface area contributed by atoms with Gasteiger partial charge in [0.15, 0.2) is 20.5 Å². The summed E-state index contributed by atoms with van der Waals surface area (Å²) in [5.41, 5.74) is -0.526. The highest BCUT2D eigenvalue weighted by atomic mass is 35.5. The molecule has 0 amide bonds. The maximum atomic E-state index is 12.4. The first-order valence-electron chi connectivity index (χ1n) is 5.84. The van der Waals surface area contributed by atoms with Crippen LogP contribution in [-0.2, 0) is 20.4 Å². The van der Waals surface area contributed by atoms with Gasteiger partial charge in [0, 0.05) is 27.1 Å². The van der Waals surface area contributed by atoms with E-state index in [2.05, 4.69) is 5.16 Å². The normalized spacial score (nSPS) is 22.0. The zero-order valence-electron chi connectivity index (χ0n) is 10.9. The standard InChI is InChI=1S/C12H11Cl4NO3S/c1-12(6-13)4-11(17-20-12)21(18,19)5-8-9(15)2-7(14)3-10(8)16/h2-3H,4-6H2,1H3. The number of benzene rings is 1. The molecule has 0 radical (unpaired) electrons. The molecule has 1 heterocycles. The number of hydrogen-bond acceptors (Lipinski definition) is 4. The molecule has 0 spiro atoms. The molecule has 1 aromatic rings. The van der Waals surface area contributed by atoms with Crippen LogP contribution >= 0.6 is 46.4 Å². The number of halogens is 4. The molecule has 1 unspecified atom stereocenters. The Hall–Kier alpha value is -0.200. The molecule has 21 heavy (non-hydrogen) atoms. The van der Waals surface area contributed by atoms with E-state index in [0.29, 0.717) is 5.02 Å². The Kier molecular flexibility index (Phi) is 5.01. The third-order valence-corrected chi connectivity index (χ3v) is 6.04. The topological polar surface area (TPSA) is 55.7 Å². The molecule has 1 atom stereocenters. The molecule has 0 saturated heterocycles. The van der Waals surface area contributed by atoms with Crippen molar-refractivity contribution in [1.82, 2.24) is 0 Å². The first-order chi connectivity index (χ1) is 9.67. The Morgan fingerprint density at radius 1 is 1.29 bits per heavy atom. The molecule has 0 fully saturated rings. The van der Waals surface area contributed by atoms with Gasteiger partial charge in [0.2, 0.25) is 0 Å². The molecule has 1 aromatic carbocycles. The van der Waals surface area contributed by atoms with E-state index in [0.717, 1.165) is 0 Å². The second-order valence-electron chi connectivity index (χ2n) is 4.94. The smallest absolute Gasteiger partial charge is 0.199 e. The summed E-state index contributed by atoms with van der Waals surface area (Å²) in [7, 11) is -3.70. The van der Waals surface area contributed by atoms with E-state index in [-0.39, 0.29) is 38.7 Å². The molecular formula is C12H11Cl4NO3S. The van der Waals surface area contributed by atoms with Crippen LogP contribution in [0.5, 0.6) is 0 Å². The van der Waals surface area contributed by atoms with Crippen LogP contribution in [-0.4, -0.2) is 24.9 Å². The molecule has 9 heteroatoms. The summed E-state index contributed by atoms with van der Waals surface area (Å²) in [4.78, 5) is 5.10. The highest BCUT2D eigenvalue weighted by Crippen LogP contribution is 2.33. The maximum Gasteiger partial charge on any atom is 0.199 e. The Morgan fingerprint density at radius 3 is 2.33 bits per heavy atom. The van der Waals surface area contributed by atoms with E-state index in [1.807, 2.05) is 0 Å². The summed E-state index contributed by atoms with van der Waals surface area (Å²) in [5.74, 6) is -0.236. The third-order valence-electron chi connectivity index (χ3n) is 2.97. The lowest BCUT2D eigenvalue weighted by Gasteiger charge is -2.16. The van der Waals surface area contributed by atoms with Gasteiger partial charge >= 0.3 is 0 Å². The number of alkyl halides is 1. The molecule has 0 saturated carbocycles. The van der Waals surface area contributed by atoms with Crippen LogP contribution < -0.4 is 0 Å². The average Bonchev–Trinajstić information content (AvgIpc) is 2.78. The molecule has 0 bridgehead atoms. The first kappa shape index (κ1) is 17.2. The summed E-state index contributed by atoms with van der Waals surface area (Å²) >= 11 is 23.6. The molecule has 0 N–H and O–H groups in total. The van der Waals surface area contributed by atoms with Gasteiger partial charge in [-0.25, -0.2) is 8.42 Å². The van der Waals surface area contributed by atoms with Crippen LogP contribution in [0.1, 0.15) is 18.9 Å². The Morgan fingerprint density at radius 2 is 1.86 bits per heavy atom. The molecule has 0 aromatic heterocycles. The van der Waals surface area contributed by atoms with Gasteiger partial charge in [-0.1, -0.05) is 40.0 Å². The summed E-state index contributed by atoms with van der Waals surface area (Å²) < 4.78 is 24.8. The monoisotopic (exact) mass is 389 g/mol. The van der Waals surface area contributed by atoms with Crippen LogP contribution in [0.4, 0.5) is 0 Å². The van der Waals surface area contributed by atoms with E-state index >= 15 is 0 Å². The molecular weight excluding hydrogens is 380 g/mol. The summed E-state index contributed by atoms with van der Waals surface area (Å²) in [6.07, 6.45) is 0.113. The SMILES string of the molecule is CC1(CCl)CC(S(=O)(=O)Cc2c(Cl)cc(Cl)cc2Cl)=NO1. The van der Waals surface area contributed by atoms with E-state index in [9.17, 15) is 8.42 Å². The Balaban J connectivity index is 2.28. The van der Waals surface area contributed by atoms with Gasteiger partial charge in [-0.05, 0) is 19.1 Å². The third kappa shape index (κ3) is 3.77. The fourth-order valence-electron chi connectivity index (χ4n) is 1.77. The van der Waals surface area contributed by atoms with Crippen LogP contribution in [0, 0.1) is 0 Å². The number of rotatable bonds is 3. The summed E-state index contributed by atoms with van der Waals surface area (Å²) in [5, 5.41) is 4.29. The van der Waals surface area contributed by atoms with Crippen LogP contribution in [0.2, 0.25) is 15.1 Å². The quantitative estimate of drug-likeness (QED) is 0.723. The van der Waals surface area contributed by atoms with Crippen molar-refractivity contribution in [2.75, 3.05) is 5.88 Å². The maximum absolute atomic E-state index is 12.4. The van der Waals surface area contributed by atoms with E-state index < -0.39 is 15.4 Å². The highest BCUT2D eigenvalue weighted by Gasteiger charge is 2.39.